The number of hydrogen-bond acceptors (Lipinski definition) is 1. The van der Waals surface area contributed by atoms with Gasteiger partial charge in [-0.1, -0.05) is 0 Å². The molecule has 232 valence electrons. The van der Waals surface area contributed by atoms with Gasteiger partial charge in [0.1, 0.15) is 0 Å². The number of benzene rings is 4. The molecule has 0 aliphatic heterocycles. The van der Waals surface area contributed by atoms with Crippen molar-refractivity contribution in [3.8, 4) is 0 Å². The Morgan fingerprint density at radius 2 is 0.932 bits per heavy atom. The number of nitrogens with zero attached hydrogens (tertiary/aromatic N) is 1. The van der Waals surface area contributed by atoms with Crippen molar-refractivity contribution >= 4 is 6.66 Å². The van der Waals surface area contributed by atoms with E-state index in [0.717, 1.165) is 28.0 Å². The van der Waals surface area contributed by atoms with Crippen LogP contribution in [0.4, 0.5) is 0 Å². The fourth-order valence-corrected chi connectivity index (χ4v) is 56.4. The normalized spacial score (nSPS) is 17.2. The van der Waals surface area contributed by atoms with Crippen LogP contribution in [0, 0.1) is 0 Å². The maximum absolute atomic E-state index is 5.75. The molecule has 0 atom stereocenters. The van der Waals surface area contributed by atoms with E-state index >= 15 is 0 Å². The molecule has 0 fully saturated rings. The molecule has 0 unspecified atom stereocenters. The molecule has 1 aliphatic rings. The van der Waals surface area contributed by atoms with Crippen LogP contribution in [0.15, 0.2) is 145 Å². The van der Waals surface area contributed by atoms with Gasteiger partial charge in [0, 0.05) is 0 Å². The number of allylic oxidation sites excluding steroid dienone is 3. The van der Waals surface area contributed by atoms with Crippen molar-refractivity contribution in [3.63, 3.8) is 0 Å². The van der Waals surface area contributed by atoms with Gasteiger partial charge in [-0.25, -0.2) is 0 Å². The summed E-state index contributed by atoms with van der Waals surface area (Å²) in [5.41, 5.74) is 7.23. The van der Waals surface area contributed by atoms with Crippen molar-refractivity contribution in [2.75, 3.05) is 0 Å². The Kier molecular flexibility index (Phi) is 7.05. The summed E-state index contributed by atoms with van der Waals surface area (Å²) in [6, 6.07) is 48.1. The zero-order valence-corrected chi connectivity index (χ0v) is 31.1. The van der Waals surface area contributed by atoms with Crippen LogP contribution in [0.2, 0.25) is 20.9 Å². The van der Waals surface area contributed by atoms with Gasteiger partial charge in [-0.15, -0.1) is 0 Å². The Labute approximate surface area is 262 Å². The summed E-state index contributed by atoms with van der Waals surface area (Å²) in [6.07, 6.45) is 8.09. The van der Waals surface area contributed by atoms with Crippen LogP contribution in [0.25, 0.3) is 0 Å². The second-order valence-corrected chi connectivity index (χ2v) is 70.0. The van der Waals surface area contributed by atoms with E-state index in [1.807, 2.05) is 0 Å². The van der Waals surface area contributed by atoms with Crippen molar-refractivity contribution in [1.82, 2.24) is 3.38 Å². The van der Waals surface area contributed by atoms with E-state index in [2.05, 4.69) is 185 Å². The average Bonchev–Trinajstić information content (AvgIpc) is 3.47. The van der Waals surface area contributed by atoms with E-state index in [9.17, 15) is 0 Å². The van der Waals surface area contributed by atoms with Crippen LogP contribution >= 0.6 is 0 Å². The van der Waals surface area contributed by atoms with Gasteiger partial charge in [0.15, 0.2) is 0 Å². The molecular formula is C41H55NSiTi. The Morgan fingerprint density at radius 1 is 0.568 bits per heavy atom. The Morgan fingerprint density at radius 3 is 1.25 bits per heavy atom. The molecule has 3 heteroatoms. The Bertz CT molecular complexity index is 1620. The maximum atomic E-state index is 3.14. The zero-order chi connectivity index (χ0) is 31.7. The van der Waals surface area contributed by atoms with E-state index < -0.39 is 17.6 Å². The minimum absolute atomic E-state index is 0.118. The molecular weight excluding hydrogens is 582 g/mol. The van der Waals surface area contributed by atoms with Gasteiger partial charge in [-0.05, 0) is 0 Å². The molecule has 0 spiro atoms. The van der Waals surface area contributed by atoms with E-state index in [1.165, 1.54) is 28.0 Å². The first-order valence-corrected chi connectivity index (χ1v) is 30.8. The first-order valence-electron chi connectivity index (χ1n) is 16.8. The van der Waals surface area contributed by atoms with E-state index in [-0.39, 0.29) is 5.54 Å². The Hall–Kier alpha value is -2.91. The third kappa shape index (κ3) is 5.66. The molecule has 4 aromatic carbocycles. The van der Waals surface area contributed by atoms with Gasteiger partial charge >= 0.3 is 264 Å². The molecule has 0 amide bonds. The molecule has 44 heavy (non-hydrogen) atoms. The number of rotatable bonds is 11. The molecule has 1 aliphatic carbocycles. The van der Waals surface area contributed by atoms with Gasteiger partial charge in [0.05, 0.1) is 0 Å². The zero-order valence-electron chi connectivity index (χ0n) is 28.3. The van der Waals surface area contributed by atoms with Crippen molar-refractivity contribution in [3.05, 3.63) is 168 Å². The molecule has 0 heterocycles. The predicted molar refractivity (Wildman–Crippen MR) is 195 cm³/mol. The average molecular weight is 638 g/mol. The van der Waals surface area contributed by atoms with Gasteiger partial charge in [-0.3, -0.25) is 0 Å². The molecule has 0 saturated heterocycles. The monoisotopic (exact) mass is 637 g/mol. The SMILES string of the molecule is CC(C)(C)[N](C1=CC=CC1)[Ti]([CH3])([CH3])([CH3])([CH3])([CH2]c1ccccc1)([CH2]c1ccccc1)[SiH](Cc1ccccc1)Cc1ccccc1. The summed E-state index contributed by atoms with van der Waals surface area (Å²) >= 11 is 0. The van der Waals surface area contributed by atoms with E-state index in [0.29, 0.717) is 0 Å². The summed E-state index contributed by atoms with van der Waals surface area (Å²) in [5, 5.41) is 11.6. The van der Waals surface area contributed by atoms with Crippen molar-refractivity contribution in [2.45, 2.75) is 75.2 Å². The topological polar surface area (TPSA) is 3.24 Å². The van der Waals surface area contributed by atoms with Crippen LogP contribution in [-0.4, -0.2) is 15.6 Å². The van der Waals surface area contributed by atoms with Gasteiger partial charge in [0.2, 0.25) is 0 Å². The van der Waals surface area contributed by atoms with Crippen LogP contribution in [0.3, 0.4) is 0 Å². The molecule has 0 saturated carbocycles. The third-order valence-corrected chi connectivity index (χ3v) is 59.3. The third-order valence-electron chi connectivity index (χ3n) is 12.2. The van der Waals surface area contributed by atoms with E-state index in [1.54, 1.807) is 0 Å². The van der Waals surface area contributed by atoms with Crippen LogP contribution in [0.5, 0.6) is 0 Å². The van der Waals surface area contributed by atoms with Gasteiger partial charge in [0.25, 0.3) is 0 Å². The van der Waals surface area contributed by atoms with Gasteiger partial charge in [-0.2, -0.15) is 0 Å². The molecule has 0 aromatic heterocycles. The van der Waals surface area contributed by atoms with Crippen LogP contribution < -0.4 is 0 Å². The van der Waals surface area contributed by atoms with Crippen molar-refractivity contribution < 1.29 is 11.0 Å². The van der Waals surface area contributed by atoms with E-state index in [4.69, 9.17) is 0 Å². The van der Waals surface area contributed by atoms with Crippen molar-refractivity contribution in [1.29, 1.82) is 0 Å². The first-order chi connectivity index (χ1) is 20.5. The quantitative estimate of drug-likeness (QED) is 0.148. The second kappa shape index (κ2) is 9.55. The second-order valence-electron chi connectivity index (χ2n) is 20.2. The molecule has 0 bridgehead atoms. The summed E-state index contributed by atoms with van der Waals surface area (Å²) in [6.45, 7) is 5.53. The van der Waals surface area contributed by atoms with Crippen LogP contribution in [-0.2, 0) is 32.5 Å². The van der Waals surface area contributed by atoms with Crippen molar-refractivity contribution in [2.24, 2.45) is 0 Å². The summed E-state index contributed by atoms with van der Waals surface area (Å²) in [7, 11) is -5.75. The molecule has 1 nitrogen and oxygen atoms in total. The first kappa shape index (κ1) is 32.5. The van der Waals surface area contributed by atoms with Crippen LogP contribution in [0.1, 0.15) is 49.4 Å². The fraction of sp³-hybridized carbons (Fsp3) is 0.317. The van der Waals surface area contributed by atoms with Gasteiger partial charge < -0.3 is 0 Å². The predicted octanol–water partition coefficient (Wildman–Crippen LogP) is 11.0. The molecule has 0 N–H and O–H groups in total. The Balaban J connectivity index is 2.01. The number of hydrogen-bond donors (Lipinski definition) is 0. The standard InChI is InChI=1S/C14H15Si.C9H14N.2C7H7.4CH3.Ti/c1-3-7-13(8-4-1)11-15-12-14-9-5-2-6-10-14;1-9(2,3)10-8-6-4-5-7-8;2*1-7-5-3-2-4-6-7;;;;;/h1-10,15H,11-12H2;4-6H,7H2,1-3H3;2*2-6H,1H2;4*1H3;/q;-1;;;;;;;+1. The summed E-state index contributed by atoms with van der Waals surface area (Å²) < 4.78 is 5.27. The molecule has 4 aromatic rings. The molecule has 5 rings (SSSR count). The minimum atomic E-state index is -5.75. The fourth-order valence-electron chi connectivity index (χ4n) is 11.2. The summed E-state index contributed by atoms with van der Waals surface area (Å²) in [5.74, 6) is 0. The molecule has 0 radical (unpaired) electrons. The summed E-state index contributed by atoms with van der Waals surface area (Å²) in [4.78, 5) is 0.